The Morgan fingerprint density at radius 1 is 1.09 bits per heavy atom. The van der Waals surface area contributed by atoms with Gasteiger partial charge >= 0.3 is 5.69 Å². The number of nitrogens with zero attached hydrogens (tertiary/aromatic N) is 2. The van der Waals surface area contributed by atoms with Crippen molar-refractivity contribution in [1.29, 1.82) is 0 Å². The lowest BCUT2D eigenvalue weighted by atomic mass is 10.0. The highest BCUT2D eigenvalue weighted by Crippen LogP contribution is 2.37. The Kier molecular flexibility index (Phi) is 5.74. The fourth-order valence-electron chi connectivity index (χ4n) is 4.14. The molecule has 176 valence electrons. The van der Waals surface area contributed by atoms with Crippen LogP contribution in [0.15, 0.2) is 70.5 Å². The molecule has 0 atom stereocenters. The summed E-state index contributed by atoms with van der Waals surface area (Å²) in [5, 5.41) is 1.82. The van der Waals surface area contributed by atoms with Gasteiger partial charge in [-0.2, -0.15) is 0 Å². The highest BCUT2D eigenvalue weighted by Gasteiger charge is 2.19. The van der Waals surface area contributed by atoms with E-state index in [0.717, 1.165) is 16.0 Å². The van der Waals surface area contributed by atoms with Gasteiger partial charge in [0.05, 0.1) is 36.1 Å². The predicted molar refractivity (Wildman–Crippen MR) is 134 cm³/mol. The summed E-state index contributed by atoms with van der Waals surface area (Å²) in [4.78, 5) is 33.8. The Morgan fingerprint density at radius 2 is 1.89 bits per heavy atom. The Morgan fingerprint density at radius 3 is 2.66 bits per heavy atom. The van der Waals surface area contributed by atoms with Crippen LogP contribution in [0, 0.1) is 5.82 Å². The first-order valence-electron chi connectivity index (χ1n) is 10.7. The molecule has 0 aliphatic carbocycles. The summed E-state index contributed by atoms with van der Waals surface area (Å²) in [6.45, 7) is 2.05. The smallest absolute Gasteiger partial charge is 0.333 e. The van der Waals surface area contributed by atoms with Crippen LogP contribution in [0.25, 0.3) is 38.5 Å². The lowest BCUT2D eigenvalue weighted by molar-refractivity contribution is 0.344. The number of methoxy groups -OCH3 is 1. The molecule has 35 heavy (non-hydrogen) atoms. The molecular formula is C26H19ClFN3O4. The van der Waals surface area contributed by atoms with Crippen molar-refractivity contribution < 1.29 is 13.9 Å². The zero-order chi connectivity index (χ0) is 24.7. The third-order valence-electron chi connectivity index (χ3n) is 5.70. The molecule has 0 unspecified atom stereocenters. The number of H-pyrrole nitrogens is 1. The molecule has 0 saturated heterocycles. The highest BCUT2D eigenvalue weighted by atomic mass is 35.5. The zero-order valence-electron chi connectivity index (χ0n) is 18.8. The fourth-order valence-corrected chi connectivity index (χ4v) is 4.40. The Labute approximate surface area is 203 Å². The SMILES string of the molecule is CCOc1cc(-c2cc(OC)c(F)cc2Cl)cc2[nH]c(=O)n(-c3cncc4ccccc34)c(=O)c12. The van der Waals surface area contributed by atoms with Crippen molar-refractivity contribution in [3.63, 3.8) is 0 Å². The average molecular weight is 492 g/mol. The first-order valence-corrected chi connectivity index (χ1v) is 11.1. The molecule has 2 aromatic heterocycles. The molecule has 7 nitrogen and oxygen atoms in total. The number of ether oxygens (including phenoxy) is 2. The molecule has 1 N–H and O–H groups in total. The lowest BCUT2D eigenvalue weighted by Gasteiger charge is -2.14. The summed E-state index contributed by atoms with van der Waals surface area (Å²) < 4.78 is 26.0. The summed E-state index contributed by atoms with van der Waals surface area (Å²) in [6.07, 6.45) is 3.14. The molecule has 0 amide bonds. The monoisotopic (exact) mass is 491 g/mol. The van der Waals surface area contributed by atoms with Crippen molar-refractivity contribution in [1.82, 2.24) is 14.5 Å². The van der Waals surface area contributed by atoms with Crippen LogP contribution < -0.4 is 20.7 Å². The predicted octanol–water partition coefficient (Wildman–Crippen LogP) is 5.09. The van der Waals surface area contributed by atoms with Gasteiger partial charge in [-0.15, -0.1) is 0 Å². The van der Waals surface area contributed by atoms with Crippen LogP contribution in [0.4, 0.5) is 4.39 Å². The van der Waals surface area contributed by atoms with Gasteiger partial charge in [0, 0.05) is 22.5 Å². The number of halogens is 2. The maximum Gasteiger partial charge on any atom is 0.333 e. The number of aromatic amines is 1. The Bertz CT molecular complexity index is 1720. The van der Waals surface area contributed by atoms with Crippen molar-refractivity contribution in [2.24, 2.45) is 0 Å². The molecule has 0 aliphatic rings. The third-order valence-corrected chi connectivity index (χ3v) is 6.02. The van der Waals surface area contributed by atoms with Gasteiger partial charge in [-0.3, -0.25) is 9.78 Å². The minimum Gasteiger partial charge on any atom is -0.494 e. The van der Waals surface area contributed by atoms with Gasteiger partial charge < -0.3 is 14.5 Å². The van der Waals surface area contributed by atoms with Crippen LogP contribution in [-0.2, 0) is 0 Å². The van der Waals surface area contributed by atoms with Gasteiger partial charge in [0.1, 0.15) is 11.1 Å². The number of benzene rings is 3. The normalized spacial score (nSPS) is 11.2. The quantitative estimate of drug-likeness (QED) is 0.370. The van der Waals surface area contributed by atoms with Gasteiger partial charge in [-0.25, -0.2) is 13.8 Å². The molecule has 2 heterocycles. The second kappa shape index (κ2) is 8.88. The van der Waals surface area contributed by atoms with Crippen molar-refractivity contribution in [2.45, 2.75) is 6.92 Å². The third kappa shape index (κ3) is 3.81. The van der Waals surface area contributed by atoms with Gasteiger partial charge in [-0.1, -0.05) is 35.9 Å². The maximum atomic E-state index is 14.1. The second-order valence-electron chi connectivity index (χ2n) is 7.75. The molecule has 0 fully saturated rings. The topological polar surface area (TPSA) is 86.2 Å². The molecule has 0 spiro atoms. The number of pyridine rings is 1. The lowest BCUT2D eigenvalue weighted by Crippen LogP contribution is -2.34. The van der Waals surface area contributed by atoms with E-state index in [-0.39, 0.29) is 34.0 Å². The number of aromatic nitrogens is 3. The molecule has 0 aliphatic heterocycles. The van der Waals surface area contributed by atoms with Gasteiger partial charge in [0.15, 0.2) is 11.6 Å². The average Bonchev–Trinajstić information content (AvgIpc) is 2.84. The van der Waals surface area contributed by atoms with E-state index >= 15 is 0 Å². The van der Waals surface area contributed by atoms with E-state index < -0.39 is 17.1 Å². The van der Waals surface area contributed by atoms with E-state index in [0.29, 0.717) is 22.2 Å². The summed E-state index contributed by atoms with van der Waals surface area (Å²) in [5.41, 5.74) is 0.390. The van der Waals surface area contributed by atoms with Crippen LogP contribution in [0.3, 0.4) is 0 Å². The summed E-state index contributed by atoms with van der Waals surface area (Å²) in [7, 11) is 1.35. The maximum absolute atomic E-state index is 14.1. The number of nitrogens with one attached hydrogen (secondary N) is 1. The van der Waals surface area contributed by atoms with Crippen LogP contribution in [0.1, 0.15) is 6.92 Å². The van der Waals surface area contributed by atoms with Gasteiger partial charge in [-0.05, 0) is 36.8 Å². The molecule has 5 rings (SSSR count). The van der Waals surface area contributed by atoms with Crippen LogP contribution in [0.5, 0.6) is 11.5 Å². The second-order valence-corrected chi connectivity index (χ2v) is 8.15. The van der Waals surface area contributed by atoms with E-state index in [1.54, 1.807) is 25.3 Å². The molecule has 9 heteroatoms. The van der Waals surface area contributed by atoms with Crippen LogP contribution in [0.2, 0.25) is 5.02 Å². The molecule has 0 saturated carbocycles. The zero-order valence-corrected chi connectivity index (χ0v) is 19.5. The minimum absolute atomic E-state index is 0.00910. The van der Waals surface area contributed by atoms with Crippen molar-refractivity contribution in [3.8, 4) is 28.3 Å². The standard InChI is InChI=1S/C26H19ClFN3O4/c1-3-35-23-9-15(17-10-22(34-2)19(28)11-18(17)27)8-20-24(23)25(32)31(26(33)30-20)21-13-29-12-14-6-4-5-7-16(14)21/h4-13H,3H2,1-2H3,(H,30,33). The molecule has 3 aromatic carbocycles. The first kappa shape index (κ1) is 22.6. The molecule has 5 aromatic rings. The van der Waals surface area contributed by atoms with Crippen LogP contribution >= 0.6 is 11.6 Å². The van der Waals surface area contributed by atoms with E-state index in [1.807, 2.05) is 24.3 Å². The molecular weight excluding hydrogens is 473 g/mol. The number of hydrogen-bond acceptors (Lipinski definition) is 5. The van der Waals surface area contributed by atoms with Crippen molar-refractivity contribution in [2.75, 3.05) is 13.7 Å². The number of rotatable bonds is 5. The summed E-state index contributed by atoms with van der Waals surface area (Å²) in [6, 6.07) is 13.2. The van der Waals surface area contributed by atoms with E-state index in [1.165, 1.54) is 19.4 Å². The largest absolute Gasteiger partial charge is 0.494 e. The molecule has 0 bridgehead atoms. The number of hydrogen-bond donors (Lipinski definition) is 1. The van der Waals surface area contributed by atoms with Crippen molar-refractivity contribution in [3.05, 3.63) is 92.6 Å². The molecule has 0 radical (unpaired) electrons. The highest BCUT2D eigenvalue weighted by molar-refractivity contribution is 6.33. The Balaban J connectivity index is 1.82. The van der Waals surface area contributed by atoms with E-state index in [4.69, 9.17) is 21.1 Å². The van der Waals surface area contributed by atoms with E-state index in [9.17, 15) is 14.0 Å². The summed E-state index contributed by atoms with van der Waals surface area (Å²) >= 11 is 6.32. The van der Waals surface area contributed by atoms with Gasteiger partial charge in [0.25, 0.3) is 5.56 Å². The fraction of sp³-hybridized carbons (Fsp3) is 0.115. The van der Waals surface area contributed by atoms with Crippen molar-refractivity contribution >= 4 is 33.3 Å². The Hall–Kier alpha value is -4.17. The van der Waals surface area contributed by atoms with Gasteiger partial charge in [0.2, 0.25) is 0 Å². The first-order chi connectivity index (χ1) is 16.9. The number of fused-ring (bicyclic) bond motifs is 2. The van der Waals surface area contributed by atoms with E-state index in [2.05, 4.69) is 9.97 Å². The minimum atomic E-state index is -0.636. The summed E-state index contributed by atoms with van der Waals surface area (Å²) in [5.74, 6) is -0.343. The van der Waals surface area contributed by atoms with Crippen LogP contribution in [-0.4, -0.2) is 28.3 Å².